The molecule has 0 saturated heterocycles. The van der Waals surface area contributed by atoms with Crippen molar-refractivity contribution < 1.29 is 0 Å². The highest BCUT2D eigenvalue weighted by Gasteiger charge is 2.07. The molecule has 0 N–H and O–H groups in total. The fourth-order valence-electron chi connectivity index (χ4n) is 1.81. The molecule has 1 aromatic carbocycles. The molecule has 0 heterocycles. The van der Waals surface area contributed by atoms with Crippen LogP contribution >= 0.6 is 22.6 Å². The minimum atomic E-state index is 0.608. The summed E-state index contributed by atoms with van der Waals surface area (Å²) in [7, 11) is 0. The number of benzene rings is 1. The van der Waals surface area contributed by atoms with Crippen LogP contribution in [0.5, 0.6) is 0 Å². The zero-order valence-electron chi connectivity index (χ0n) is 10.5. The Morgan fingerprint density at radius 2 is 1.94 bits per heavy atom. The van der Waals surface area contributed by atoms with Gasteiger partial charge in [0.2, 0.25) is 0 Å². The van der Waals surface area contributed by atoms with Crippen molar-refractivity contribution in [2.24, 2.45) is 5.92 Å². The third kappa shape index (κ3) is 6.04. The van der Waals surface area contributed by atoms with Gasteiger partial charge >= 0.3 is 0 Å². The molecule has 0 amide bonds. The average Bonchev–Trinajstić information content (AvgIpc) is 2.28. The van der Waals surface area contributed by atoms with Crippen LogP contribution in [0.3, 0.4) is 0 Å². The molecule has 1 rings (SSSR count). The number of nitrogens with zero attached hydrogens (tertiary/aromatic N) is 2. The van der Waals surface area contributed by atoms with E-state index in [1.54, 1.807) is 0 Å². The van der Waals surface area contributed by atoms with Gasteiger partial charge in [-0.25, -0.2) is 0 Å². The fourth-order valence-corrected chi connectivity index (χ4v) is 2.17. The lowest BCUT2D eigenvalue weighted by Gasteiger charge is -2.23. The monoisotopic (exact) mass is 342 g/mol. The van der Waals surface area contributed by atoms with Gasteiger partial charge in [0.25, 0.3) is 0 Å². The quantitative estimate of drug-likeness (QED) is 0.738. The Bertz CT molecular complexity index is 365. The first-order valence-corrected chi connectivity index (χ1v) is 7.03. The van der Waals surface area contributed by atoms with E-state index >= 15 is 0 Å². The number of hydrogen-bond acceptors (Lipinski definition) is 2. The first kappa shape index (κ1) is 14.5. The molecule has 3 heteroatoms. The van der Waals surface area contributed by atoms with Crippen LogP contribution in [0.25, 0.3) is 0 Å². The summed E-state index contributed by atoms with van der Waals surface area (Å²) in [4.78, 5) is 2.36. The van der Waals surface area contributed by atoms with Gasteiger partial charge in [0.15, 0.2) is 0 Å². The number of halogens is 1. The fraction of sp³-hybridized carbons (Fsp3) is 0.500. The molecule has 17 heavy (non-hydrogen) atoms. The van der Waals surface area contributed by atoms with Gasteiger partial charge in [0.1, 0.15) is 0 Å². The third-order valence-electron chi connectivity index (χ3n) is 2.48. The Morgan fingerprint density at radius 1 is 1.29 bits per heavy atom. The van der Waals surface area contributed by atoms with E-state index in [1.165, 1.54) is 9.13 Å². The molecule has 2 nitrogen and oxygen atoms in total. The number of rotatable bonds is 6. The van der Waals surface area contributed by atoms with Gasteiger partial charge in [-0.15, -0.1) is 0 Å². The Hall–Kier alpha value is -0.600. The molecule has 0 radical (unpaired) electrons. The highest BCUT2D eigenvalue weighted by molar-refractivity contribution is 14.1. The lowest BCUT2D eigenvalue weighted by atomic mass is 10.1. The van der Waals surface area contributed by atoms with Crippen LogP contribution in [0, 0.1) is 20.8 Å². The van der Waals surface area contributed by atoms with Crippen molar-refractivity contribution in [2.75, 3.05) is 13.1 Å². The summed E-state index contributed by atoms with van der Waals surface area (Å²) >= 11 is 2.32. The average molecular weight is 342 g/mol. The van der Waals surface area contributed by atoms with Gasteiger partial charge < -0.3 is 0 Å². The van der Waals surface area contributed by atoms with E-state index in [0.29, 0.717) is 12.3 Å². The molecule has 0 saturated carbocycles. The van der Waals surface area contributed by atoms with Crippen molar-refractivity contribution >= 4 is 22.6 Å². The molecule has 0 fully saturated rings. The lowest BCUT2D eigenvalue weighted by Crippen LogP contribution is -2.28. The van der Waals surface area contributed by atoms with E-state index in [1.807, 2.05) is 0 Å². The minimum absolute atomic E-state index is 0.608. The molecule has 0 spiro atoms. The Kier molecular flexibility index (Phi) is 6.53. The summed E-state index contributed by atoms with van der Waals surface area (Å²) in [6.45, 7) is 7.28. The summed E-state index contributed by atoms with van der Waals surface area (Å²) in [5.74, 6) is 0.637. The van der Waals surface area contributed by atoms with Gasteiger partial charge in [-0.2, -0.15) is 5.26 Å². The summed E-state index contributed by atoms with van der Waals surface area (Å²) in [6, 6.07) is 10.8. The number of nitriles is 1. The van der Waals surface area contributed by atoms with Gasteiger partial charge in [0.05, 0.1) is 6.07 Å². The normalized spacial score (nSPS) is 10.8. The molecule has 0 aliphatic rings. The molecular formula is C14H19IN2. The first-order valence-electron chi connectivity index (χ1n) is 5.95. The second-order valence-electron chi connectivity index (χ2n) is 4.66. The summed E-state index contributed by atoms with van der Waals surface area (Å²) in [5, 5.41) is 8.67. The van der Waals surface area contributed by atoms with Crippen molar-refractivity contribution in [1.29, 1.82) is 5.26 Å². The molecule has 0 unspecified atom stereocenters. The highest BCUT2D eigenvalue weighted by Crippen LogP contribution is 2.11. The highest BCUT2D eigenvalue weighted by atomic mass is 127. The van der Waals surface area contributed by atoms with Crippen molar-refractivity contribution in [3.05, 3.63) is 33.4 Å². The van der Waals surface area contributed by atoms with Crippen LogP contribution in [0.1, 0.15) is 25.8 Å². The van der Waals surface area contributed by atoms with Crippen molar-refractivity contribution in [3.63, 3.8) is 0 Å². The van der Waals surface area contributed by atoms with Crippen LogP contribution in [-0.4, -0.2) is 18.0 Å². The maximum Gasteiger partial charge on any atom is 0.0635 e. The standard InChI is InChI=1S/C14H19IN2/c1-12(2)10-17(9-3-8-16)11-13-4-6-14(15)7-5-13/h4-7,12H,3,9-11H2,1-2H3. The van der Waals surface area contributed by atoms with Crippen LogP contribution < -0.4 is 0 Å². The Morgan fingerprint density at radius 3 is 2.47 bits per heavy atom. The van der Waals surface area contributed by atoms with E-state index in [4.69, 9.17) is 5.26 Å². The van der Waals surface area contributed by atoms with E-state index in [9.17, 15) is 0 Å². The van der Waals surface area contributed by atoms with Crippen molar-refractivity contribution in [1.82, 2.24) is 4.90 Å². The van der Waals surface area contributed by atoms with Crippen LogP contribution in [0.4, 0.5) is 0 Å². The van der Waals surface area contributed by atoms with Gasteiger partial charge in [-0.1, -0.05) is 26.0 Å². The zero-order chi connectivity index (χ0) is 12.7. The smallest absolute Gasteiger partial charge is 0.0635 e. The molecular weight excluding hydrogens is 323 g/mol. The second-order valence-corrected chi connectivity index (χ2v) is 5.91. The molecule has 0 aliphatic heterocycles. The maximum atomic E-state index is 8.67. The molecule has 92 valence electrons. The maximum absolute atomic E-state index is 8.67. The summed E-state index contributed by atoms with van der Waals surface area (Å²) < 4.78 is 1.26. The van der Waals surface area contributed by atoms with Gasteiger partial charge in [-0.3, -0.25) is 4.90 Å². The molecule has 0 aromatic heterocycles. The Labute approximate surface area is 118 Å². The molecule has 0 aliphatic carbocycles. The minimum Gasteiger partial charge on any atom is -0.298 e. The zero-order valence-corrected chi connectivity index (χ0v) is 12.6. The van der Waals surface area contributed by atoms with Gasteiger partial charge in [-0.05, 0) is 46.2 Å². The van der Waals surface area contributed by atoms with Crippen LogP contribution in [0.2, 0.25) is 0 Å². The molecule has 0 bridgehead atoms. The Balaban J connectivity index is 2.58. The second kappa shape index (κ2) is 7.67. The van der Waals surface area contributed by atoms with Crippen molar-refractivity contribution in [3.8, 4) is 6.07 Å². The molecule has 1 aromatic rings. The largest absolute Gasteiger partial charge is 0.298 e. The van der Waals surface area contributed by atoms with E-state index in [2.05, 4.69) is 71.7 Å². The first-order chi connectivity index (χ1) is 8.11. The van der Waals surface area contributed by atoms with Gasteiger partial charge in [0, 0.05) is 29.6 Å². The third-order valence-corrected chi connectivity index (χ3v) is 3.20. The summed E-state index contributed by atoms with van der Waals surface area (Å²) in [5.41, 5.74) is 1.32. The van der Waals surface area contributed by atoms with Crippen molar-refractivity contribution in [2.45, 2.75) is 26.8 Å². The predicted octanol–water partition coefficient (Wildman–Crippen LogP) is 3.66. The number of hydrogen-bond donors (Lipinski definition) is 0. The summed E-state index contributed by atoms with van der Waals surface area (Å²) in [6.07, 6.45) is 0.608. The van der Waals surface area contributed by atoms with Crippen LogP contribution in [0.15, 0.2) is 24.3 Å². The lowest BCUT2D eigenvalue weighted by molar-refractivity contribution is 0.241. The van der Waals surface area contributed by atoms with E-state index in [0.717, 1.165) is 19.6 Å². The van der Waals surface area contributed by atoms with E-state index < -0.39 is 0 Å². The predicted molar refractivity (Wildman–Crippen MR) is 79.5 cm³/mol. The topological polar surface area (TPSA) is 27.0 Å². The SMILES string of the molecule is CC(C)CN(CCC#N)Cc1ccc(I)cc1. The van der Waals surface area contributed by atoms with Crippen LogP contribution in [-0.2, 0) is 6.54 Å². The van der Waals surface area contributed by atoms with E-state index in [-0.39, 0.29) is 0 Å². The molecule has 0 atom stereocenters.